The molecule has 1 saturated heterocycles. The van der Waals surface area contributed by atoms with Crippen molar-refractivity contribution in [3.05, 3.63) is 30.1 Å². The highest BCUT2D eigenvalue weighted by Crippen LogP contribution is 2.11. The fourth-order valence-electron chi connectivity index (χ4n) is 2.46. The van der Waals surface area contributed by atoms with Crippen LogP contribution in [0.3, 0.4) is 0 Å². The zero-order chi connectivity index (χ0) is 17.7. The van der Waals surface area contributed by atoms with Crippen molar-refractivity contribution in [3.63, 3.8) is 0 Å². The van der Waals surface area contributed by atoms with Gasteiger partial charge in [0, 0.05) is 11.7 Å². The molecule has 1 fully saturated rings. The molecule has 1 aliphatic rings. The van der Waals surface area contributed by atoms with Crippen LogP contribution in [0.1, 0.15) is 6.42 Å². The van der Waals surface area contributed by atoms with Gasteiger partial charge in [0.05, 0.1) is 24.6 Å². The highest BCUT2D eigenvalue weighted by Gasteiger charge is 2.29. The lowest BCUT2D eigenvalue weighted by Gasteiger charge is -2.17. The molecule has 0 saturated carbocycles. The van der Waals surface area contributed by atoms with Crippen molar-refractivity contribution in [1.82, 2.24) is 10.2 Å². The molecule has 7 nitrogen and oxygen atoms in total. The zero-order valence-corrected chi connectivity index (χ0v) is 14.1. The van der Waals surface area contributed by atoms with E-state index in [0.717, 1.165) is 0 Å². The lowest BCUT2D eigenvalue weighted by Crippen LogP contribution is -2.43. The first-order valence-electron chi connectivity index (χ1n) is 7.47. The minimum absolute atomic E-state index is 0.0201. The fraction of sp³-hybridized carbons (Fsp3) is 0.467. The summed E-state index contributed by atoms with van der Waals surface area (Å²) in [6, 6.07) is 5.01. The maximum absolute atomic E-state index is 12.8. The van der Waals surface area contributed by atoms with E-state index in [1.807, 2.05) is 0 Å². The Morgan fingerprint density at radius 1 is 1.21 bits per heavy atom. The van der Waals surface area contributed by atoms with Gasteiger partial charge in [-0.25, -0.2) is 12.8 Å². The van der Waals surface area contributed by atoms with E-state index in [2.05, 4.69) is 10.6 Å². The largest absolute Gasteiger partial charge is 0.351 e. The van der Waals surface area contributed by atoms with Crippen LogP contribution in [0.25, 0.3) is 0 Å². The summed E-state index contributed by atoms with van der Waals surface area (Å²) >= 11 is 0. The minimum Gasteiger partial charge on any atom is -0.351 e. The molecule has 2 amide bonds. The van der Waals surface area contributed by atoms with Crippen molar-refractivity contribution in [2.75, 3.05) is 37.0 Å². The van der Waals surface area contributed by atoms with E-state index in [0.29, 0.717) is 12.1 Å². The molecule has 1 aromatic carbocycles. The predicted octanol–water partition coefficient (Wildman–Crippen LogP) is -0.000700. The fourth-order valence-corrected chi connectivity index (χ4v) is 4.14. The van der Waals surface area contributed by atoms with Crippen LogP contribution in [-0.4, -0.2) is 62.8 Å². The molecule has 2 rings (SSSR count). The Hall–Kier alpha value is -2.00. The molecule has 0 aromatic heterocycles. The smallest absolute Gasteiger partial charge is 0.238 e. The van der Waals surface area contributed by atoms with E-state index in [1.165, 1.54) is 29.2 Å². The number of likely N-dealkylation sites (N-methyl/N-ethyl adjacent to an activating group) is 1. The number of amides is 2. The summed E-state index contributed by atoms with van der Waals surface area (Å²) in [4.78, 5) is 25.2. The van der Waals surface area contributed by atoms with E-state index in [4.69, 9.17) is 0 Å². The van der Waals surface area contributed by atoms with Gasteiger partial charge < -0.3 is 10.6 Å². The third-order valence-electron chi connectivity index (χ3n) is 3.55. The average Bonchev–Trinajstić information content (AvgIpc) is 2.79. The number of halogens is 1. The molecule has 2 N–H and O–H groups in total. The number of carbonyl (C=O) groups is 2. The van der Waals surface area contributed by atoms with E-state index >= 15 is 0 Å². The second kappa shape index (κ2) is 7.71. The van der Waals surface area contributed by atoms with Gasteiger partial charge in [0.25, 0.3) is 0 Å². The summed E-state index contributed by atoms with van der Waals surface area (Å²) in [5.41, 5.74) is 0.468. The first kappa shape index (κ1) is 18.3. The van der Waals surface area contributed by atoms with E-state index in [9.17, 15) is 22.4 Å². The molecule has 24 heavy (non-hydrogen) atoms. The van der Waals surface area contributed by atoms with Gasteiger partial charge >= 0.3 is 0 Å². The summed E-state index contributed by atoms with van der Waals surface area (Å²) < 4.78 is 35.5. The molecule has 1 atom stereocenters. The Bertz CT molecular complexity index is 706. The first-order chi connectivity index (χ1) is 11.2. The van der Waals surface area contributed by atoms with Crippen molar-refractivity contribution in [3.8, 4) is 0 Å². The third kappa shape index (κ3) is 5.89. The van der Waals surface area contributed by atoms with Gasteiger partial charge in [-0.3, -0.25) is 14.5 Å². The molecule has 0 bridgehead atoms. The van der Waals surface area contributed by atoms with Gasteiger partial charge in [0.2, 0.25) is 11.8 Å². The van der Waals surface area contributed by atoms with E-state index < -0.39 is 15.7 Å². The first-order valence-corrected chi connectivity index (χ1v) is 9.29. The third-order valence-corrected chi connectivity index (χ3v) is 5.32. The standard InChI is InChI=1S/C15H20FN3O4S/c1-19(8-14(20)17-12-4-2-11(16)3-5-12)9-15(21)18-13-6-7-24(22,23)10-13/h2-5,13H,6-10H2,1H3,(H,17,20)(H,18,21)/t13-/m0/s1. The highest BCUT2D eigenvalue weighted by atomic mass is 32.2. The van der Waals surface area contributed by atoms with Crippen LogP contribution in [0.4, 0.5) is 10.1 Å². The summed E-state index contributed by atoms with van der Waals surface area (Å²) in [6.45, 7) is -0.0405. The minimum atomic E-state index is -3.05. The highest BCUT2D eigenvalue weighted by molar-refractivity contribution is 7.91. The zero-order valence-electron chi connectivity index (χ0n) is 13.3. The van der Waals surface area contributed by atoms with Crippen molar-refractivity contribution >= 4 is 27.3 Å². The SMILES string of the molecule is CN(CC(=O)Nc1ccc(F)cc1)CC(=O)N[C@H]1CCS(=O)(=O)C1. The predicted molar refractivity (Wildman–Crippen MR) is 87.7 cm³/mol. The van der Waals surface area contributed by atoms with Gasteiger partial charge in [-0.1, -0.05) is 0 Å². The molecule has 132 valence electrons. The molecule has 1 aromatic rings. The Morgan fingerprint density at radius 2 is 1.83 bits per heavy atom. The normalized spacial score (nSPS) is 19.2. The Balaban J connectivity index is 1.73. The summed E-state index contributed by atoms with van der Waals surface area (Å²) in [5.74, 6) is -0.994. The number of rotatable bonds is 6. The Morgan fingerprint density at radius 3 is 2.42 bits per heavy atom. The van der Waals surface area contributed by atoms with Gasteiger partial charge in [-0.15, -0.1) is 0 Å². The molecule has 1 heterocycles. The molecular formula is C15H20FN3O4S. The number of hydrogen-bond donors (Lipinski definition) is 2. The molecule has 9 heteroatoms. The number of anilines is 1. The van der Waals surface area contributed by atoms with Crippen LogP contribution in [0.15, 0.2) is 24.3 Å². The average molecular weight is 357 g/mol. The van der Waals surface area contributed by atoms with Crippen LogP contribution >= 0.6 is 0 Å². The number of benzene rings is 1. The molecule has 1 aliphatic heterocycles. The molecule has 0 unspecified atom stereocenters. The summed E-state index contributed by atoms with van der Waals surface area (Å²) in [7, 11) is -1.44. The maximum atomic E-state index is 12.8. The molecular weight excluding hydrogens is 337 g/mol. The topological polar surface area (TPSA) is 95.6 Å². The van der Waals surface area contributed by atoms with Crippen molar-refractivity contribution in [1.29, 1.82) is 0 Å². The second-order valence-corrected chi connectivity index (χ2v) is 8.12. The maximum Gasteiger partial charge on any atom is 0.238 e. The van der Waals surface area contributed by atoms with E-state index in [-0.39, 0.29) is 42.5 Å². The summed E-state index contributed by atoms with van der Waals surface area (Å²) in [5, 5.41) is 5.26. The molecule has 0 spiro atoms. The van der Waals surface area contributed by atoms with Crippen LogP contribution in [0.2, 0.25) is 0 Å². The van der Waals surface area contributed by atoms with Gasteiger partial charge in [-0.2, -0.15) is 0 Å². The number of hydrogen-bond acceptors (Lipinski definition) is 5. The lowest BCUT2D eigenvalue weighted by atomic mass is 10.2. The van der Waals surface area contributed by atoms with E-state index in [1.54, 1.807) is 7.05 Å². The second-order valence-electron chi connectivity index (χ2n) is 5.89. The van der Waals surface area contributed by atoms with Gasteiger partial charge in [0.1, 0.15) is 5.82 Å². The molecule has 0 aliphatic carbocycles. The quantitative estimate of drug-likeness (QED) is 0.747. The lowest BCUT2D eigenvalue weighted by molar-refractivity contribution is -0.123. The van der Waals surface area contributed by atoms with Gasteiger partial charge in [-0.05, 0) is 37.7 Å². The van der Waals surface area contributed by atoms with Gasteiger partial charge in [0.15, 0.2) is 9.84 Å². The summed E-state index contributed by atoms with van der Waals surface area (Å²) in [6.07, 6.45) is 0.419. The monoisotopic (exact) mass is 357 g/mol. The van der Waals surface area contributed by atoms with Crippen LogP contribution < -0.4 is 10.6 Å². The van der Waals surface area contributed by atoms with Crippen molar-refractivity contribution in [2.24, 2.45) is 0 Å². The number of carbonyl (C=O) groups excluding carboxylic acids is 2. The van der Waals surface area contributed by atoms with Crippen LogP contribution in [0, 0.1) is 5.82 Å². The number of sulfone groups is 1. The van der Waals surface area contributed by atoms with Crippen molar-refractivity contribution < 1.29 is 22.4 Å². The van der Waals surface area contributed by atoms with Crippen LogP contribution in [-0.2, 0) is 19.4 Å². The van der Waals surface area contributed by atoms with Crippen LogP contribution in [0.5, 0.6) is 0 Å². The number of nitrogens with one attached hydrogen (secondary N) is 2. The Kier molecular flexibility index (Phi) is 5.89. The molecule has 0 radical (unpaired) electrons. The van der Waals surface area contributed by atoms with Crippen molar-refractivity contribution in [2.45, 2.75) is 12.5 Å². The Labute approximate surface area is 140 Å². The number of nitrogens with zero attached hydrogens (tertiary/aromatic N) is 1.